The highest BCUT2D eigenvalue weighted by Gasteiger charge is 2.12. The molecule has 0 atom stereocenters. The van der Waals surface area contributed by atoms with Crippen LogP contribution in [0.3, 0.4) is 0 Å². The normalized spacial score (nSPS) is 10.0. The summed E-state index contributed by atoms with van der Waals surface area (Å²) in [4.78, 5) is 9.91. The van der Waals surface area contributed by atoms with Gasteiger partial charge in [-0.05, 0) is 6.07 Å². The summed E-state index contributed by atoms with van der Waals surface area (Å²) in [6.45, 7) is 0.833. The van der Waals surface area contributed by atoms with Crippen molar-refractivity contribution in [2.24, 2.45) is 0 Å². The number of rotatable bonds is 5. The van der Waals surface area contributed by atoms with Gasteiger partial charge in [0.2, 0.25) is 0 Å². The fourth-order valence-electron chi connectivity index (χ4n) is 0.968. The van der Waals surface area contributed by atoms with E-state index in [-0.39, 0.29) is 10.7 Å². The maximum atomic E-state index is 10.5. The lowest BCUT2D eigenvalue weighted by Crippen LogP contribution is -2.04. The Morgan fingerprint density at radius 2 is 2.20 bits per heavy atom. The first kappa shape index (κ1) is 11.7. The zero-order valence-corrected chi connectivity index (χ0v) is 8.86. The van der Waals surface area contributed by atoms with Crippen LogP contribution in [0.25, 0.3) is 0 Å². The second-order valence-electron chi connectivity index (χ2n) is 2.71. The third-order valence-electron chi connectivity index (χ3n) is 1.67. The summed E-state index contributed by atoms with van der Waals surface area (Å²) in [5.74, 6) is 0.489. The number of hydrogen-bond donors (Lipinski definition) is 0. The van der Waals surface area contributed by atoms with E-state index in [1.54, 1.807) is 7.11 Å². The topological polar surface area (TPSA) is 61.6 Å². The van der Waals surface area contributed by atoms with Gasteiger partial charge in [0, 0.05) is 19.2 Å². The Hall–Kier alpha value is -1.33. The highest BCUT2D eigenvalue weighted by atomic mass is 35.5. The summed E-state index contributed by atoms with van der Waals surface area (Å²) in [6.07, 6.45) is 0. The van der Waals surface area contributed by atoms with E-state index in [0.29, 0.717) is 19.0 Å². The molecule has 0 radical (unpaired) electrons. The van der Waals surface area contributed by atoms with Gasteiger partial charge >= 0.3 is 0 Å². The smallest absolute Gasteiger partial charge is 0.288 e. The number of hydrogen-bond acceptors (Lipinski definition) is 4. The van der Waals surface area contributed by atoms with E-state index in [4.69, 9.17) is 21.1 Å². The standard InChI is InChI=1S/C9H10ClNO4/c1-14-4-5-15-7-2-3-9(11(12)13)8(10)6-7/h2-3,6H,4-5H2,1H3. The van der Waals surface area contributed by atoms with Crippen LogP contribution in [-0.4, -0.2) is 25.2 Å². The van der Waals surface area contributed by atoms with Crippen LogP contribution < -0.4 is 4.74 Å². The van der Waals surface area contributed by atoms with E-state index in [9.17, 15) is 10.1 Å². The van der Waals surface area contributed by atoms with Gasteiger partial charge in [0.15, 0.2) is 0 Å². The van der Waals surface area contributed by atoms with E-state index in [0.717, 1.165) is 0 Å². The summed E-state index contributed by atoms with van der Waals surface area (Å²) in [7, 11) is 1.56. The van der Waals surface area contributed by atoms with Crippen LogP contribution in [0, 0.1) is 10.1 Å². The molecule has 1 aromatic rings. The van der Waals surface area contributed by atoms with Crippen molar-refractivity contribution >= 4 is 17.3 Å². The molecule has 0 aliphatic carbocycles. The fraction of sp³-hybridized carbons (Fsp3) is 0.333. The van der Waals surface area contributed by atoms with Gasteiger partial charge in [-0.3, -0.25) is 10.1 Å². The average molecular weight is 232 g/mol. The molecular formula is C9H10ClNO4. The first-order valence-corrected chi connectivity index (χ1v) is 4.58. The molecule has 0 spiro atoms. The number of methoxy groups -OCH3 is 1. The minimum absolute atomic E-state index is 0.0647. The molecule has 0 heterocycles. The van der Waals surface area contributed by atoms with Crippen LogP contribution in [0.1, 0.15) is 0 Å². The van der Waals surface area contributed by atoms with E-state index in [1.165, 1.54) is 18.2 Å². The molecule has 0 N–H and O–H groups in total. The van der Waals surface area contributed by atoms with Crippen molar-refractivity contribution in [3.8, 4) is 5.75 Å². The summed E-state index contributed by atoms with van der Waals surface area (Å²) in [5, 5.41) is 10.5. The van der Waals surface area contributed by atoms with Gasteiger partial charge in [0.1, 0.15) is 17.4 Å². The van der Waals surface area contributed by atoms with Crippen molar-refractivity contribution in [2.45, 2.75) is 0 Å². The average Bonchev–Trinajstić information content (AvgIpc) is 2.17. The molecule has 0 fully saturated rings. The second-order valence-corrected chi connectivity index (χ2v) is 3.12. The Bertz CT molecular complexity index is 356. The summed E-state index contributed by atoms with van der Waals surface area (Å²) < 4.78 is 10.0. The zero-order chi connectivity index (χ0) is 11.3. The van der Waals surface area contributed by atoms with Gasteiger partial charge in [-0.2, -0.15) is 0 Å². The molecule has 1 rings (SSSR count). The number of ether oxygens (including phenoxy) is 2. The molecule has 0 unspecified atom stereocenters. The van der Waals surface area contributed by atoms with Crippen molar-refractivity contribution in [1.29, 1.82) is 0 Å². The van der Waals surface area contributed by atoms with Gasteiger partial charge < -0.3 is 9.47 Å². The van der Waals surface area contributed by atoms with Crippen LogP contribution in [-0.2, 0) is 4.74 Å². The number of benzene rings is 1. The predicted molar refractivity (Wildman–Crippen MR) is 55.5 cm³/mol. The number of nitrogens with zero attached hydrogens (tertiary/aromatic N) is 1. The van der Waals surface area contributed by atoms with Crippen LogP contribution in [0.2, 0.25) is 5.02 Å². The fourth-order valence-corrected chi connectivity index (χ4v) is 1.21. The highest BCUT2D eigenvalue weighted by Crippen LogP contribution is 2.28. The van der Waals surface area contributed by atoms with Crippen LogP contribution in [0.15, 0.2) is 18.2 Å². The maximum absolute atomic E-state index is 10.5. The van der Waals surface area contributed by atoms with Crippen LogP contribution >= 0.6 is 11.6 Å². The minimum atomic E-state index is -0.540. The van der Waals surface area contributed by atoms with Crippen molar-refractivity contribution in [1.82, 2.24) is 0 Å². The van der Waals surface area contributed by atoms with E-state index in [1.807, 2.05) is 0 Å². The van der Waals surface area contributed by atoms with E-state index < -0.39 is 4.92 Å². The molecule has 0 aliphatic rings. The summed E-state index contributed by atoms with van der Waals surface area (Å²) in [5.41, 5.74) is -0.129. The first-order valence-electron chi connectivity index (χ1n) is 4.21. The lowest BCUT2D eigenvalue weighted by Gasteiger charge is -2.05. The maximum Gasteiger partial charge on any atom is 0.288 e. The van der Waals surface area contributed by atoms with Gasteiger partial charge in [-0.25, -0.2) is 0 Å². The summed E-state index contributed by atoms with van der Waals surface area (Å²) >= 11 is 5.68. The molecule has 82 valence electrons. The zero-order valence-electron chi connectivity index (χ0n) is 8.10. The van der Waals surface area contributed by atoms with Gasteiger partial charge in [0.25, 0.3) is 5.69 Å². The third kappa shape index (κ3) is 3.38. The molecule has 6 heteroatoms. The molecule has 1 aromatic carbocycles. The van der Waals surface area contributed by atoms with E-state index >= 15 is 0 Å². The lowest BCUT2D eigenvalue weighted by atomic mass is 10.3. The van der Waals surface area contributed by atoms with Gasteiger partial charge in [-0.15, -0.1) is 0 Å². The Balaban J connectivity index is 2.69. The second kappa shape index (κ2) is 5.53. The van der Waals surface area contributed by atoms with Crippen LogP contribution in [0.5, 0.6) is 5.75 Å². The van der Waals surface area contributed by atoms with Crippen molar-refractivity contribution in [3.63, 3.8) is 0 Å². The highest BCUT2D eigenvalue weighted by molar-refractivity contribution is 6.32. The Labute approximate surface area is 91.7 Å². The monoisotopic (exact) mass is 231 g/mol. The first-order chi connectivity index (χ1) is 7.15. The molecule has 15 heavy (non-hydrogen) atoms. The molecule has 5 nitrogen and oxygen atoms in total. The molecule has 0 saturated carbocycles. The molecule has 0 aromatic heterocycles. The van der Waals surface area contributed by atoms with Crippen molar-refractivity contribution < 1.29 is 14.4 Å². The molecule has 0 aliphatic heterocycles. The Morgan fingerprint density at radius 1 is 1.47 bits per heavy atom. The molecule has 0 saturated heterocycles. The van der Waals surface area contributed by atoms with Crippen molar-refractivity contribution in [3.05, 3.63) is 33.3 Å². The molecule has 0 bridgehead atoms. The quantitative estimate of drug-likeness (QED) is 0.443. The number of nitro benzene ring substituents is 1. The minimum Gasteiger partial charge on any atom is -0.491 e. The Kier molecular flexibility index (Phi) is 4.33. The van der Waals surface area contributed by atoms with E-state index in [2.05, 4.69) is 0 Å². The SMILES string of the molecule is COCCOc1ccc([N+](=O)[O-])c(Cl)c1. The predicted octanol–water partition coefficient (Wildman–Crippen LogP) is 2.27. The largest absolute Gasteiger partial charge is 0.491 e. The molecule has 0 amide bonds. The third-order valence-corrected chi connectivity index (χ3v) is 1.97. The van der Waals surface area contributed by atoms with Gasteiger partial charge in [-0.1, -0.05) is 11.6 Å². The van der Waals surface area contributed by atoms with Crippen molar-refractivity contribution in [2.75, 3.05) is 20.3 Å². The number of halogens is 1. The van der Waals surface area contributed by atoms with Crippen LogP contribution in [0.4, 0.5) is 5.69 Å². The Morgan fingerprint density at radius 3 is 2.73 bits per heavy atom. The molecular weight excluding hydrogens is 222 g/mol. The summed E-state index contributed by atoms with van der Waals surface area (Å²) in [6, 6.07) is 4.22. The number of nitro groups is 1. The lowest BCUT2D eigenvalue weighted by molar-refractivity contribution is -0.384. The van der Waals surface area contributed by atoms with Gasteiger partial charge in [0.05, 0.1) is 11.5 Å².